The molecular formula is C6H15NO5S. The van der Waals surface area contributed by atoms with Crippen LogP contribution in [0, 0.1) is 0 Å². The highest BCUT2D eigenvalue weighted by molar-refractivity contribution is 7.87. The predicted octanol–water partition coefficient (Wildman–Crippen LogP) is -0.299. The van der Waals surface area contributed by atoms with Gasteiger partial charge in [-0.15, -0.1) is 0 Å². The van der Waals surface area contributed by atoms with E-state index in [1.54, 1.807) is 0 Å². The van der Waals surface area contributed by atoms with Crippen molar-refractivity contribution in [1.82, 2.24) is 0 Å². The molecule has 1 atom stereocenters. The van der Waals surface area contributed by atoms with Gasteiger partial charge in [0.25, 0.3) is 16.6 Å². The Hall–Kier alpha value is -0.660. The van der Waals surface area contributed by atoms with Crippen molar-refractivity contribution in [3.05, 3.63) is 0 Å². The molecule has 0 aliphatic heterocycles. The van der Waals surface area contributed by atoms with E-state index < -0.39 is 20.9 Å². The predicted molar refractivity (Wildman–Crippen MR) is 48.0 cm³/mol. The zero-order valence-electron chi connectivity index (χ0n) is 7.76. The van der Waals surface area contributed by atoms with Crippen molar-refractivity contribution in [2.24, 2.45) is 5.73 Å². The second-order valence-electron chi connectivity index (χ2n) is 2.97. The molecule has 0 saturated heterocycles. The summed E-state index contributed by atoms with van der Waals surface area (Å²) < 4.78 is 28.5. The Morgan fingerprint density at radius 1 is 1.46 bits per heavy atom. The summed E-state index contributed by atoms with van der Waals surface area (Å²) in [6, 6.07) is -0.581. The molecule has 0 fully saturated rings. The van der Waals surface area contributed by atoms with Crippen molar-refractivity contribution in [1.29, 1.82) is 0 Å². The Morgan fingerprint density at radius 2 is 1.69 bits per heavy atom. The maximum absolute atomic E-state index is 10.6. The van der Waals surface area contributed by atoms with Gasteiger partial charge in [0, 0.05) is 6.04 Å². The van der Waals surface area contributed by atoms with E-state index in [1.807, 2.05) is 0 Å². The third-order valence-corrected chi connectivity index (χ3v) is 3.46. The Kier molecular flexibility index (Phi) is 5.88. The first-order valence-corrected chi connectivity index (χ1v) is 4.85. The highest BCUT2D eigenvalue weighted by Gasteiger charge is 2.36. The molecule has 0 bridgehead atoms. The quantitative estimate of drug-likeness (QED) is 0.428. The summed E-state index contributed by atoms with van der Waals surface area (Å²) in [7, 11) is -4.03. The molecule has 0 aromatic rings. The van der Waals surface area contributed by atoms with Crippen LogP contribution < -0.4 is 5.73 Å². The average molecular weight is 213 g/mol. The normalized spacial score (nSPS) is 13.9. The van der Waals surface area contributed by atoms with Crippen molar-refractivity contribution in [3.8, 4) is 0 Å². The Morgan fingerprint density at radius 3 is 1.69 bits per heavy atom. The summed E-state index contributed by atoms with van der Waals surface area (Å²) in [4.78, 5) is 8.36. The van der Waals surface area contributed by atoms with Gasteiger partial charge in [-0.1, -0.05) is 0 Å². The molecule has 80 valence electrons. The third kappa shape index (κ3) is 4.81. The van der Waals surface area contributed by atoms with Gasteiger partial charge in [-0.05, 0) is 20.8 Å². The van der Waals surface area contributed by atoms with Crippen molar-refractivity contribution < 1.29 is 22.9 Å². The van der Waals surface area contributed by atoms with Gasteiger partial charge in [0.05, 0.1) is 0 Å². The van der Waals surface area contributed by atoms with Gasteiger partial charge in [-0.25, -0.2) is 0 Å². The van der Waals surface area contributed by atoms with Gasteiger partial charge in [0.15, 0.2) is 0 Å². The molecule has 7 heteroatoms. The largest absolute Gasteiger partial charge is 0.483 e. The van der Waals surface area contributed by atoms with Crippen LogP contribution in [-0.2, 0) is 14.9 Å². The van der Waals surface area contributed by atoms with Gasteiger partial charge >= 0.3 is 0 Å². The van der Waals surface area contributed by atoms with Gasteiger partial charge < -0.3 is 10.8 Å². The number of hydrogen-bond donors (Lipinski definition) is 3. The summed E-state index contributed by atoms with van der Waals surface area (Å²) in [5.74, 6) is 0. The first kappa shape index (κ1) is 14.8. The monoisotopic (exact) mass is 213 g/mol. The second-order valence-corrected chi connectivity index (χ2v) is 4.97. The molecule has 0 aliphatic rings. The fourth-order valence-corrected chi connectivity index (χ4v) is 0.705. The van der Waals surface area contributed by atoms with Crippen LogP contribution in [0.3, 0.4) is 0 Å². The topological polar surface area (TPSA) is 118 Å². The number of hydrogen-bond acceptors (Lipinski definition) is 4. The van der Waals surface area contributed by atoms with Crippen LogP contribution in [0.5, 0.6) is 0 Å². The van der Waals surface area contributed by atoms with E-state index in [9.17, 15) is 8.42 Å². The van der Waals surface area contributed by atoms with E-state index in [0.717, 1.165) is 0 Å². The van der Waals surface area contributed by atoms with E-state index in [0.29, 0.717) is 0 Å². The molecule has 0 heterocycles. The van der Waals surface area contributed by atoms with Crippen molar-refractivity contribution in [3.63, 3.8) is 0 Å². The molecular weight excluding hydrogens is 198 g/mol. The summed E-state index contributed by atoms with van der Waals surface area (Å²) in [6.07, 6.45) is 0. The highest BCUT2D eigenvalue weighted by atomic mass is 32.2. The van der Waals surface area contributed by atoms with Crippen LogP contribution in [0.25, 0.3) is 0 Å². The van der Waals surface area contributed by atoms with Gasteiger partial charge in [-0.2, -0.15) is 8.42 Å². The first-order chi connectivity index (χ1) is 5.61. The fraction of sp³-hybridized carbons (Fsp3) is 0.833. The SMILES string of the molecule is CC(N)C(C)(C)S(=O)(=O)O.O=CO. The summed E-state index contributed by atoms with van der Waals surface area (Å²) in [5.41, 5.74) is 5.32. The summed E-state index contributed by atoms with van der Waals surface area (Å²) in [5, 5.41) is 6.89. The molecule has 0 aliphatic carbocycles. The lowest BCUT2D eigenvalue weighted by atomic mass is 10.1. The summed E-state index contributed by atoms with van der Waals surface area (Å²) in [6.45, 7) is 4.05. The lowest BCUT2D eigenvalue weighted by Crippen LogP contribution is -2.46. The van der Waals surface area contributed by atoms with Crippen molar-refractivity contribution in [2.75, 3.05) is 0 Å². The standard InChI is InChI=1S/C5H13NO3S.CH2O2/c1-4(6)5(2,3)10(7,8)9;2-1-3/h4H,6H2,1-3H3,(H,7,8,9);1H,(H,2,3). The third-order valence-electron chi connectivity index (χ3n) is 1.76. The highest BCUT2D eigenvalue weighted by Crippen LogP contribution is 2.17. The number of carbonyl (C=O) groups is 1. The Labute approximate surface area is 77.5 Å². The Bertz CT molecular complexity index is 244. The molecule has 0 spiro atoms. The maximum atomic E-state index is 10.6. The minimum atomic E-state index is -4.03. The molecule has 0 saturated carbocycles. The molecule has 0 radical (unpaired) electrons. The van der Waals surface area contributed by atoms with Gasteiger partial charge in [0.2, 0.25) is 0 Å². The average Bonchev–Trinajstić information content (AvgIpc) is 1.86. The molecule has 0 amide bonds. The van der Waals surface area contributed by atoms with E-state index in [2.05, 4.69) is 0 Å². The van der Waals surface area contributed by atoms with E-state index >= 15 is 0 Å². The molecule has 13 heavy (non-hydrogen) atoms. The number of rotatable bonds is 2. The Balaban J connectivity index is 0. The van der Waals surface area contributed by atoms with E-state index in [4.69, 9.17) is 20.2 Å². The molecule has 0 aromatic carbocycles. The van der Waals surface area contributed by atoms with Crippen LogP contribution in [-0.4, -0.2) is 35.3 Å². The molecule has 6 nitrogen and oxygen atoms in total. The number of carboxylic acid groups (broad SMARTS) is 1. The fourth-order valence-electron chi connectivity index (χ4n) is 0.235. The minimum Gasteiger partial charge on any atom is -0.483 e. The summed E-state index contributed by atoms with van der Waals surface area (Å²) >= 11 is 0. The lowest BCUT2D eigenvalue weighted by molar-refractivity contribution is -0.122. The molecule has 1 unspecified atom stereocenters. The molecule has 0 rings (SSSR count). The van der Waals surface area contributed by atoms with Crippen LogP contribution in [0.4, 0.5) is 0 Å². The van der Waals surface area contributed by atoms with Crippen molar-refractivity contribution in [2.45, 2.75) is 31.6 Å². The second kappa shape index (κ2) is 5.15. The van der Waals surface area contributed by atoms with E-state index in [-0.39, 0.29) is 6.47 Å². The van der Waals surface area contributed by atoms with Crippen LogP contribution in [0.15, 0.2) is 0 Å². The lowest BCUT2D eigenvalue weighted by Gasteiger charge is -2.24. The zero-order valence-corrected chi connectivity index (χ0v) is 8.58. The first-order valence-electron chi connectivity index (χ1n) is 3.41. The number of nitrogens with two attached hydrogens (primary N) is 1. The van der Waals surface area contributed by atoms with Crippen LogP contribution in [0.2, 0.25) is 0 Å². The molecule has 4 N–H and O–H groups in total. The van der Waals surface area contributed by atoms with Gasteiger partial charge in [-0.3, -0.25) is 9.35 Å². The maximum Gasteiger partial charge on any atom is 0.290 e. The van der Waals surface area contributed by atoms with Gasteiger partial charge in [0.1, 0.15) is 4.75 Å². The van der Waals surface area contributed by atoms with E-state index in [1.165, 1.54) is 20.8 Å². The molecule has 0 aromatic heterocycles. The zero-order chi connectivity index (χ0) is 11.3. The minimum absolute atomic E-state index is 0.250. The van der Waals surface area contributed by atoms with Crippen molar-refractivity contribution >= 4 is 16.6 Å². The smallest absolute Gasteiger partial charge is 0.290 e. The van der Waals surface area contributed by atoms with Crippen LogP contribution >= 0.6 is 0 Å². The van der Waals surface area contributed by atoms with Crippen LogP contribution in [0.1, 0.15) is 20.8 Å².